The molecule has 0 aliphatic carbocycles. The van der Waals surface area contributed by atoms with Crippen molar-refractivity contribution in [2.75, 3.05) is 0 Å². The summed E-state index contributed by atoms with van der Waals surface area (Å²) < 4.78 is 14.9. The van der Waals surface area contributed by atoms with E-state index in [2.05, 4.69) is 4.98 Å². The second-order valence-electron chi connectivity index (χ2n) is 6.04. The predicted molar refractivity (Wildman–Crippen MR) is 104 cm³/mol. The van der Waals surface area contributed by atoms with Crippen molar-refractivity contribution in [3.63, 3.8) is 0 Å². The maximum absolute atomic E-state index is 13.4. The molecule has 2 aromatic carbocycles. The molecule has 0 aliphatic heterocycles. The van der Waals surface area contributed by atoms with Crippen molar-refractivity contribution in [2.24, 2.45) is 7.05 Å². The molecule has 3 aromatic rings. The zero-order valence-electron chi connectivity index (χ0n) is 14.5. The number of benzene rings is 2. The Morgan fingerprint density at radius 3 is 2.58 bits per heavy atom. The summed E-state index contributed by atoms with van der Waals surface area (Å²) in [5.41, 5.74) is 3.04. The molecular formula is C20H18ClFN2OS. The lowest BCUT2D eigenvalue weighted by atomic mass is 10.1. The van der Waals surface area contributed by atoms with Gasteiger partial charge in [-0.15, -0.1) is 0 Å². The molecule has 0 spiro atoms. The zero-order valence-corrected chi connectivity index (χ0v) is 16.1. The van der Waals surface area contributed by atoms with Crippen molar-refractivity contribution < 1.29 is 4.39 Å². The Labute approximate surface area is 160 Å². The molecule has 0 unspecified atom stereocenters. The Hall–Kier alpha value is -2.11. The van der Waals surface area contributed by atoms with Crippen molar-refractivity contribution in [1.82, 2.24) is 9.55 Å². The predicted octanol–water partition coefficient (Wildman–Crippen LogP) is 4.76. The number of nitrogens with zero attached hydrogens (tertiary/aromatic N) is 2. The molecular weight excluding hydrogens is 371 g/mol. The van der Waals surface area contributed by atoms with Crippen LogP contribution in [0.5, 0.6) is 0 Å². The van der Waals surface area contributed by atoms with E-state index < -0.39 is 0 Å². The normalized spacial score (nSPS) is 10.9. The molecule has 0 saturated heterocycles. The highest BCUT2D eigenvalue weighted by atomic mass is 35.5. The largest absolute Gasteiger partial charge is 0.291 e. The van der Waals surface area contributed by atoms with E-state index in [9.17, 15) is 9.18 Å². The number of hydrogen-bond acceptors (Lipinski definition) is 3. The molecule has 0 bridgehead atoms. The number of halogens is 2. The fraction of sp³-hybridized carbons (Fsp3) is 0.200. The van der Waals surface area contributed by atoms with E-state index in [4.69, 9.17) is 11.6 Å². The summed E-state index contributed by atoms with van der Waals surface area (Å²) in [5, 5.41) is 1.35. The lowest BCUT2D eigenvalue weighted by Gasteiger charge is -2.12. The maximum atomic E-state index is 13.4. The smallest absolute Gasteiger partial charge is 0.257 e. The van der Waals surface area contributed by atoms with Crippen LogP contribution in [0.4, 0.5) is 4.39 Å². The fourth-order valence-electron chi connectivity index (χ4n) is 2.64. The zero-order chi connectivity index (χ0) is 18.7. The van der Waals surface area contributed by atoms with E-state index in [0.717, 1.165) is 11.1 Å². The molecule has 3 rings (SSSR count). The third kappa shape index (κ3) is 4.34. The molecule has 1 heterocycles. The van der Waals surface area contributed by atoms with Crippen LogP contribution in [0.15, 0.2) is 58.5 Å². The van der Waals surface area contributed by atoms with Crippen molar-refractivity contribution in [2.45, 2.75) is 24.3 Å². The molecule has 0 saturated carbocycles. The minimum absolute atomic E-state index is 0.0969. The summed E-state index contributed by atoms with van der Waals surface area (Å²) in [6, 6.07) is 13.9. The van der Waals surface area contributed by atoms with Gasteiger partial charge in [-0.05, 0) is 42.3 Å². The van der Waals surface area contributed by atoms with Crippen molar-refractivity contribution in [3.05, 3.63) is 92.1 Å². The molecule has 0 fully saturated rings. The van der Waals surface area contributed by atoms with Crippen LogP contribution in [0.1, 0.15) is 22.4 Å². The van der Waals surface area contributed by atoms with Crippen LogP contribution in [0.3, 0.4) is 0 Å². The summed E-state index contributed by atoms with van der Waals surface area (Å²) in [6.07, 6.45) is 0.366. The highest BCUT2D eigenvalue weighted by Crippen LogP contribution is 2.22. The van der Waals surface area contributed by atoms with E-state index >= 15 is 0 Å². The van der Waals surface area contributed by atoms with Gasteiger partial charge in [0.15, 0.2) is 5.16 Å². The Morgan fingerprint density at radius 2 is 1.88 bits per heavy atom. The van der Waals surface area contributed by atoms with Gasteiger partial charge in [0.1, 0.15) is 5.82 Å². The standard InChI is InChI=1S/C20H18ClFN2OS/c1-13-18(11-15-4-3-5-17(22)10-15)19(25)24(2)20(23-13)26-12-14-6-8-16(21)9-7-14/h3-10H,11-12H2,1-2H3. The minimum atomic E-state index is -0.305. The van der Waals surface area contributed by atoms with E-state index in [1.165, 1.54) is 23.9 Å². The molecule has 0 aliphatic rings. The third-order valence-electron chi connectivity index (χ3n) is 4.10. The summed E-state index contributed by atoms with van der Waals surface area (Å²) in [5.74, 6) is 0.389. The van der Waals surface area contributed by atoms with Crippen molar-refractivity contribution in [3.8, 4) is 0 Å². The van der Waals surface area contributed by atoms with Crippen LogP contribution >= 0.6 is 23.4 Å². The van der Waals surface area contributed by atoms with Gasteiger partial charge in [0.2, 0.25) is 0 Å². The third-order valence-corrected chi connectivity index (χ3v) is 5.45. The monoisotopic (exact) mass is 388 g/mol. The highest BCUT2D eigenvalue weighted by Gasteiger charge is 2.13. The first-order chi connectivity index (χ1) is 12.4. The first kappa shape index (κ1) is 18.7. The van der Waals surface area contributed by atoms with Crippen molar-refractivity contribution in [1.29, 1.82) is 0 Å². The topological polar surface area (TPSA) is 34.9 Å². The SMILES string of the molecule is Cc1nc(SCc2ccc(Cl)cc2)n(C)c(=O)c1Cc1cccc(F)c1. The van der Waals surface area contributed by atoms with Gasteiger partial charge < -0.3 is 0 Å². The Balaban J connectivity index is 1.83. The molecule has 1 aromatic heterocycles. The average molecular weight is 389 g/mol. The molecule has 0 radical (unpaired) electrons. The summed E-state index contributed by atoms with van der Waals surface area (Å²) in [6.45, 7) is 1.82. The van der Waals surface area contributed by atoms with Gasteiger partial charge in [-0.1, -0.05) is 47.6 Å². The summed E-state index contributed by atoms with van der Waals surface area (Å²) >= 11 is 7.40. The number of thioether (sulfide) groups is 1. The van der Waals surface area contributed by atoms with Gasteiger partial charge in [0, 0.05) is 35.5 Å². The van der Waals surface area contributed by atoms with Crippen LogP contribution in [0, 0.1) is 12.7 Å². The lowest BCUT2D eigenvalue weighted by molar-refractivity contribution is 0.625. The minimum Gasteiger partial charge on any atom is -0.291 e. The molecule has 0 atom stereocenters. The second kappa shape index (κ2) is 8.06. The average Bonchev–Trinajstić information content (AvgIpc) is 2.62. The van der Waals surface area contributed by atoms with Gasteiger partial charge >= 0.3 is 0 Å². The van der Waals surface area contributed by atoms with E-state index in [-0.39, 0.29) is 11.4 Å². The number of aromatic nitrogens is 2. The van der Waals surface area contributed by atoms with Crippen LogP contribution in [0.2, 0.25) is 5.02 Å². The number of rotatable bonds is 5. The Morgan fingerprint density at radius 1 is 1.15 bits per heavy atom. The summed E-state index contributed by atoms with van der Waals surface area (Å²) in [7, 11) is 1.72. The molecule has 0 N–H and O–H groups in total. The van der Waals surface area contributed by atoms with E-state index in [1.807, 2.05) is 37.3 Å². The van der Waals surface area contributed by atoms with Crippen LogP contribution in [-0.2, 0) is 19.2 Å². The van der Waals surface area contributed by atoms with Gasteiger partial charge in [-0.25, -0.2) is 9.37 Å². The summed E-state index contributed by atoms with van der Waals surface area (Å²) in [4.78, 5) is 17.3. The first-order valence-corrected chi connectivity index (χ1v) is 9.48. The van der Waals surface area contributed by atoms with E-state index in [1.54, 1.807) is 17.7 Å². The molecule has 134 valence electrons. The highest BCUT2D eigenvalue weighted by molar-refractivity contribution is 7.98. The fourth-order valence-corrected chi connectivity index (χ4v) is 3.73. The van der Waals surface area contributed by atoms with Crippen LogP contribution in [0.25, 0.3) is 0 Å². The number of hydrogen-bond donors (Lipinski definition) is 0. The second-order valence-corrected chi connectivity index (χ2v) is 7.42. The van der Waals surface area contributed by atoms with Gasteiger partial charge in [-0.3, -0.25) is 9.36 Å². The van der Waals surface area contributed by atoms with Gasteiger partial charge in [0.25, 0.3) is 5.56 Å². The molecule has 26 heavy (non-hydrogen) atoms. The Kier molecular flexibility index (Phi) is 5.79. The maximum Gasteiger partial charge on any atom is 0.257 e. The molecule has 6 heteroatoms. The lowest BCUT2D eigenvalue weighted by Crippen LogP contribution is -2.25. The first-order valence-electron chi connectivity index (χ1n) is 8.12. The van der Waals surface area contributed by atoms with Gasteiger partial charge in [-0.2, -0.15) is 0 Å². The molecule has 3 nitrogen and oxygen atoms in total. The quantitative estimate of drug-likeness (QED) is 0.466. The van der Waals surface area contributed by atoms with Crippen molar-refractivity contribution >= 4 is 23.4 Å². The van der Waals surface area contributed by atoms with Gasteiger partial charge in [0.05, 0.1) is 0 Å². The van der Waals surface area contributed by atoms with Crippen LogP contribution < -0.4 is 5.56 Å². The van der Waals surface area contributed by atoms with Crippen LogP contribution in [-0.4, -0.2) is 9.55 Å². The number of aryl methyl sites for hydroxylation is 1. The molecule has 0 amide bonds. The van der Waals surface area contributed by atoms with E-state index in [0.29, 0.717) is 33.6 Å². The Bertz CT molecular complexity index is 986.